The molecule has 1 N–H and O–H groups in total. The van der Waals surface area contributed by atoms with Gasteiger partial charge in [-0.05, 0) is 54.4 Å². The molecule has 0 saturated carbocycles. The molecule has 33 heavy (non-hydrogen) atoms. The smallest absolute Gasteiger partial charge is 0.223 e. The predicted octanol–water partition coefficient (Wildman–Crippen LogP) is 4.71. The van der Waals surface area contributed by atoms with Crippen LogP contribution in [0, 0.1) is 0 Å². The Morgan fingerprint density at radius 1 is 1.03 bits per heavy atom. The number of ether oxygens (including phenoxy) is 1. The number of aromatic nitrogens is 2. The molecule has 2 aromatic heterocycles. The number of amides is 1. The number of aromatic amines is 1. The third-order valence-electron chi connectivity index (χ3n) is 6.30. The lowest BCUT2D eigenvalue weighted by molar-refractivity contribution is -0.133. The van der Waals surface area contributed by atoms with Crippen molar-refractivity contribution < 1.29 is 14.3 Å². The molecule has 4 aromatic rings. The number of para-hydroxylation sites is 1. The van der Waals surface area contributed by atoms with Crippen LogP contribution in [0.2, 0.25) is 0 Å². The highest BCUT2D eigenvalue weighted by molar-refractivity contribution is 5.98. The van der Waals surface area contributed by atoms with E-state index in [2.05, 4.69) is 22.1 Å². The SMILES string of the molecule is COc1ccc(C(=O)CCC(=O)N2CCc3c([nH]c4ccccc34)[C@H]2c2ccccn2)cc1. The van der Waals surface area contributed by atoms with E-state index in [0.29, 0.717) is 17.9 Å². The maximum Gasteiger partial charge on any atom is 0.223 e. The van der Waals surface area contributed by atoms with E-state index in [-0.39, 0.29) is 30.6 Å². The molecule has 1 amide bonds. The molecule has 6 nitrogen and oxygen atoms in total. The fourth-order valence-electron chi connectivity index (χ4n) is 4.64. The van der Waals surface area contributed by atoms with Gasteiger partial charge in [0.15, 0.2) is 5.78 Å². The van der Waals surface area contributed by atoms with E-state index in [1.807, 2.05) is 35.2 Å². The number of hydrogen-bond acceptors (Lipinski definition) is 4. The lowest BCUT2D eigenvalue weighted by Crippen LogP contribution is -2.41. The minimum atomic E-state index is -0.300. The highest BCUT2D eigenvalue weighted by Crippen LogP contribution is 2.38. The first-order chi connectivity index (χ1) is 16.2. The van der Waals surface area contributed by atoms with Crippen LogP contribution in [0.4, 0.5) is 0 Å². The third kappa shape index (κ3) is 4.00. The summed E-state index contributed by atoms with van der Waals surface area (Å²) in [5, 5.41) is 1.19. The molecule has 6 heteroatoms. The first-order valence-corrected chi connectivity index (χ1v) is 11.1. The van der Waals surface area contributed by atoms with Crippen molar-refractivity contribution in [1.82, 2.24) is 14.9 Å². The van der Waals surface area contributed by atoms with Gasteiger partial charge in [-0.25, -0.2) is 0 Å². The van der Waals surface area contributed by atoms with Crippen molar-refractivity contribution in [3.8, 4) is 5.75 Å². The highest BCUT2D eigenvalue weighted by Gasteiger charge is 2.35. The number of pyridine rings is 1. The monoisotopic (exact) mass is 439 g/mol. The topological polar surface area (TPSA) is 75.3 Å². The number of ketones is 1. The lowest BCUT2D eigenvalue weighted by Gasteiger charge is -2.35. The molecular formula is C27H25N3O3. The number of H-pyrrole nitrogens is 1. The Morgan fingerprint density at radius 2 is 1.82 bits per heavy atom. The predicted molar refractivity (Wildman–Crippen MR) is 126 cm³/mol. The zero-order valence-electron chi connectivity index (χ0n) is 18.5. The fourth-order valence-corrected chi connectivity index (χ4v) is 4.64. The minimum absolute atomic E-state index is 0.0446. The molecule has 3 heterocycles. The van der Waals surface area contributed by atoms with E-state index in [4.69, 9.17) is 4.74 Å². The number of rotatable bonds is 6. The van der Waals surface area contributed by atoms with E-state index in [1.165, 1.54) is 10.9 Å². The zero-order valence-corrected chi connectivity index (χ0v) is 18.5. The molecule has 5 rings (SSSR count). The highest BCUT2D eigenvalue weighted by atomic mass is 16.5. The number of Topliss-reactive ketones (excluding diaryl/α,β-unsaturated/α-hetero) is 1. The van der Waals surface area contributed by atoms with E-state index in [1.54, 1.807) is 37.6 Å². The van der Waals surface area contributed by atoms with Crippen molar-refractivity contribution in [3.05, 3.63) is 95.4 Å². The maximum absolute atomic E-state index is 13.4. The average Bonchev–Trinajstić information content (AvgIpc) is 3.25. The summed E-state index contributed by atoms with van der Waals surface area (Å²) in [5.74, 6) is 0.601. The van der Waals surface area contributed by atoms with Gasteiger partial charge in [-0.3, -0.25) is 14.6 Å². The van der Waals surface area contributed by atoms with Crippen LogP contribution in [-0.4, -0.2) is 40.2 Å². The molecule has 0 saturated heterocycles. The molecule has 0 spiro atoms. The summed E-state index contributed by atoms with van der Waals surface area (Å²) in [5.41, 5.74) is 4.71. The van der Waals surface area contributed by atoms with Crippen LogP contribution in [0.25, 0.3) is 10.9 Å². The second-order valence-corrected chi connectivity index (χ2v) is 8.21. The summed E-state index contributed by atoms with van der Waals surface area (Å²) < 4.78 is 5.15. The van der Waals surface area contributed by atoms with Crippen molar-refractivity contribution in [2.75, 3.05) is 13.7 Å². The van der Waals surface area contributed by atoms with Gasteiger partial charge >= 0.3 is 0 Å². The molecule has 1 aliphatic heterocycles. The van der Waals surface area contributed by atoms with Gasteiger partial charge in [0.1, 0.15) is 11.8 Å². The number of hydrogen-bond donors (Lipinski definition) is 1. The quantitative estimate of drug-likeness (QED) is 0.442. The Labute approximate surface area is 192 Å². The average molecular weight is 440 g/mol. The van der Waals surface area contributed by atoms with E-state index >= 15 is 0 Å². The van der Waals surface area contributed by atoms with Crippen LogP contribution in [0.5, 0.6) is 5.75 Å². The van der Waals surface area contributed by atoms with Gasteiger partial charge in [0, 0.05) is 47.7 Å². The molecule has 0 fully saturated rings. The van der Waals surface area contributed by atoms with Crippen LogP contribution in [0.3, 0.4) is 0 Å². The third-order valence-corrected chi connectivity index (χ3v) is 6.30. The van der Waals surface area contributed by atoms with Gasteiger partial charge in [0.25, 0.3) is 0 Å². The number of fused-ring (bicyclic) bond motifs is 3. The van der Waals surface area contributed by atoms with Crippen LogP contribution in [0.1, 0.15) is 46.2 Å². The number of methoxy groups -OCH3 is 1. The number of carbonyl (C=O) groups excluding carboxylic acids is 2. The first-order valence-electron chi connectivity index (χ1n) is 11.1. The molecular weight excluding hydrogens is 414 g/mol. The van der Waals surface area contributed by atoms with Crippen molar-refractivity contribution >= 4 is 22.6 Å². The Hall–Kier alpha value is -3.93. The van der Waals surface area contributed by atoms with Gasteiger partial charge in [0.2, 0.25) is 5.91 Å². The Kier molecular flexibility index (Phi) is 5.65. The van der Waals surface area contributed by atoms with E-state index < -0.39 is 0 Å². The number of carbonyl (C=O) groups is 2. The second kappa shape index (κ2) is 8.90. The van der Waals surface area contributed by atoms with Crippen molar-refractivity contribution in [3.63, 3.8) is 0 Å². The van der Waals surface area contributed by atoms with E-state index in [0.717, 1.165) is 23.3 Å². The zero-order chi connectivity index (χ0) is 22.8. The fraction of sp³-hybridized carbons (Fsp3) is 0.222. The van der Waals surface area contributed by atoms with Gasteiger partial charge in [-0.15, -0.1) is 0 Å². The van der Waals surface area contributed by atoms with Crippen LogP contribution >= 0.6 is 0 Å². The Balaban J connectivity index is 1.40. The van der Waals surface area contributed by atoms with Crippen molar-refractivity contribution in [2.24, 2.45) is 0 Å². The Bertz CT molecular complexity index is 1300. The molecule has 2 aromatic carbocycles. The minimum Gasteiger partial charge on any atom is -0.497 e. The van der Waals surface area contributed by atoms with Gasteiger partial charge in [0.05, 0.1) is 12.8 Å². The van der Waals surface area contributed by atoms with E-state index in [9.17, 15) is 9.59 Å². The molecule has 0 aliphatic carbocycles. The summed E-state index contributed by atoms with van der Waals surface area (Å²) in [6, 6.07) is 20.7. The standard InChI is InChI=1S/C27H25N3O3/c1-33-19-11-9-18(10-12-19)24(31)13-14-25(32)30-17-15-21-20-6-2-3-7-22(20)29-26(21)27(30)23-8-4-5-16-28-23/h2-12,16,27,29H,13-15,17H2,1H3/t27-/m1/s1. The lowest BCUT2D eigenvalue weighted by atomic mass is 9.94. The van der Waals surface area contributed by atoms with Crippen LogP contribution in [0.15, 0.2) is 72.9 Å². The number of benzene rings is 2. The number of nitrogens with zero attached hydrogens (tertiary/aromatic N) is 2. The first kappa shape index (κ1) is 20.9. The Morgan fingerprint density at radius 3 is 2.58 bits per heavy atom. The van der Waals surface area contributed by atoms with Crippen molar-refractivity contribution in [2.45, 2.75) is 25.3 Å². The van der Waals surface area contributed by atoms with Gasteiger partial charge in [-0.1, -0.05) is 24.3 Å². The van der Waals surface area contributed by atoms with Gasteiger partial charge < -0.3 is 14.6 Å². The molecule has 166 valence electrons. The maximum atomic E-state index is 13.4. The summed E-state index contributed by atoms with van der Waals surface area (Å²) in [6.07, 6.45) is 2.84. The largest absolute Gasteiger partial charge is 0.497 e. The van der Waals surface area contributed by atoms with Crippen molar-refractivity contribution in [1.29, 1.82) is 0 Å². The van der Waals surface area contributed by atoms with Crippen LogP contribution in [-0.2, 0) is 11.2 Å². The summed E-state index contributed by atoms with van der Waals surface area (Å²) in [7, 11) is 1.59. The normalized spacial score (nSPS) is 15.3. The molecule has 1 atom stereocenters. The second-order valence-electron chi connectivity index (χ2n) is 8.21. The molecule has 0 bridgehead atoms. The molecule has 0 unspecified atom stereocenters. The van der Waals surface area contributed by atoms with Crippen LogP contribution < -0.4 is 4.74 Å². The summed E-state index contributed by atoms with van der Waals surface area (Å²) in [4.78, 5) is 36.0. The van der Waals surface area contributed by atoms with Gasteiger partial charge in [-0.2, -0.15) is 0 Å². The summed E-state index contributed by atoms with van der Waals surface area (Å²) in [6.45, 7) is 0.589. The summed E-state index contributed by atoms with van der Waals surface area (Å²) >= 11 is 0. The molecule has 1 aliphatic rings. The number of nitrogens with one attached hydrogen (secondary N) is 1. The molecule has 0 radical (unpaired) electrons.